The van der Waals surface area contributed by atoms with E-state index in [1.54, 1.807) is 0 Å². The first kappa shape index (κ1) is 10.7. The summed E-state index contributed by atoms with van der Waals surface area (Å²) in [6.45, 7) is 13.0. The van der Waals surface area contributed by atoms with Gasteiger partial charge < -0.3 is 0 Å². The summed E-state index contributed by atoms with van der Waals surface area (Å²) in [4.78, 5) is 0. The largest absolute Gasteiger partial charge is 0.100 e. The van der Waals surface area contributed by atoms with E-state index in [9.17, 15) is 0 Å². The second-order valence-corrected chi connectivity index (χ2v) is 3.97. The maximum Gasteiger partial charge on any atom is -0.0321 e. The third-order valence-corrected chi connectivity index (χ3v) is 2.86. The molecular formula is C11H22. The number of hydrogen-bond donors (Lipinski definition) is 0. The monoisotopic (exact) mass is 154 g/mol. The average molecular weight is 154 g/mol. The van der Waals surface area contributed by atoms with Gasteiger partial charge in [-0.1, -0.05) is 39.2 Å². The summed E-state index contributed by atoms with van der Waals surface area (Å²) < 4.78 is 0. The van der Waals surface area contributed by atoms with Crippen molar-refractivity contribution in [3.63, 3.8) is 0 Å². The number of hydrogen-bond acceptors (Lipinski definition) is 0. The van der Waals surface area contributed by atoms with Gasteiger partial charge in [0.25, 0.3) is 0 Å². The topological polar surface area (TPSA) is 0 Å². The molecule has 66 valence electrons. The van der Waals surface area contributed by atoms with Crippen molar-refractivity contribution in [2.24, 2.45) is 5.41 Å². The van der Waals surface area contributed by atoms with Crippen molar-refractivity contribution in [3.8, 4) is 0 Å². The Balaban J connectivity index is 3.78. The van der Waals surface area contributed by atoms with Crippen LogP contribution in [0.5, 0.6) is 0 Å². The van der Waals surface area contributed by atoms with E-state index in [-0.39, 0.29) is 0 Å². The lowest BCUT2D eigenvalue weighted by Gasteiger charge is -2.26. The van der Waals surface area contributed by atoms with Crippen molar-refractivity contribution in [2.45, 2.75) is 53.4 Å². The van der Waals surface area contributed by atoms with Gasteiger partial charge in [-0.25, -0.2) is 0 Å². The van der Waals surface area contributed by atoms with Gasteiger partial charge in [0, 0.05) is 0 Å². The summed E-state index contributed by atoms with van der Waals surface area (Å²) in [6.07, 6.45) is 5.07. The van der Waals surface area contributed by atoms with E-state index in [0.717, 1.165) is 0 Å². The van der Waals surface area contributed by atoms with Crippen molar-refractivity contribution < 1.29 is 0 Å². The second-order valence-electron chi connectivity index (χ2n) is 3.97. The molecule has 0 N–H and O–H groups in total. The SMILES string of the molecule is C=C(C)CCC(C)(CC)CC. The zero-order valence-electron chi connectivity index (χ0n) is 8.54. The van der Waals surface area contributed by atoms with E-state index in [1.165, 1.54) is 31.3 Å². The van der Waals surface area contributed by atoms with E-state index >= 15 is 0 Å². The molecular weight excluding hydrogens is 132 g/mol. The van der Waals surface area contributed by atoms with Gasteiger partial charge in [-0.2, -0.15) is 0 Å². The fourth-order valence-electron chi connectivity index (χ4n) is 1.12. The summed E-state index contributed by atoms with van der Waals surface area (Å²) in [5.41, 5.74) is 1.87. The van der Waals surface area contributed by atoms with Gasteiger partial charge in [0.05, 0.1) is 0 Å². The minimum absolute atomic E-state index is 0.555. The standard InChI is InChI=1S/C11H22/c1-6-11(5,7-2)9-8-10(3)4/h3,6-9H2,1-2,4-5H3. The van der Waals surface area contributed by atoms with Crippen molar-refractivity contribution >= 4 is 0 Å². The lowest BCUT2D eigenvalue weighted by atomic mass is 9.80. The molecule has 11 heavy (non-hydrogen) atoms. The molecule has 0 atom stereocenters. The summed E-state index contributed by atoms with van der Waals surface area (Å²) in [5, 5.41) is 0. The van der Waals surface area contributed by atoms with Crippen molar-refractivity contribution in [3.05, 3.63) is 12.2 Å². The maximum atomic E-state index is 3.93. The van der Waals surface area contributed by atoms with Gasteiger partial charge in [-0.3, -0.25) is 0 Å². The fourth-order valence-corrected chi connectivity index (χ4v) is 1.12. The van der Waals surface area contributed by atoms with Crippen molar-refractivity contribution in [1.82, 2.24) is 0 Å². The molecule has 0 aliphatic rings. The molecule has 0 radical (unpaired) electrons. The highest BCUT2D eigenvalue weighted by Crippen LogP contribution is 2.31. The molecule has 0 amide bonds. The third kappa shape index (κ3) is 4.23. The molecule has 0 aromatic carbocycles. The van der Waals surface area contributed by atoms with Crippen LogP contribution < -0.4 is 0 Å². The fraction of sp³-hybridized carbons (Fsp3) is 0.818. The van der Waals surface area contributed by atoms with Crippen LogP contribution in [0, 0.1) is 5.41 Å². The Morgan fingerprint density at radius 2 is 1.73 bits per heavy atom. The van der Waals surface area contributed by atoms with E-state index in [2.05, 4.69) is 34.3 Å². The van der Waals surface area contributed by atoms with E-state index in [1.807, 2.05) is 0 Å². The van der Waals surface area contributed by atoms with Gasteiger partial charge in [-0.05, 0) is 25.2 Å². The number of rotatable bonds is 5. The highest BCUT2D eigenvalue weighted by atomic mass is 14.2. The van der Waals surface area contributed by atoms with Gasteiger partial charge in [0.15, 0.2) is 0 Å². The van der Waals surface area contributed by atoms with Gasteiger partial charge in [0.2, 0.25) is 0 Å². The Morgan fingerprint density at radius 3 is 2.00 bits per heavy atom. The molecule has 0 spiro atoms. The lowest BCUT2D eigenvalue weighted by molar-refractivity contribution is 0.273. The van der Waals surface area contributed by atoms with Crippen LogP contribution in [-0.2, 0) is 0 Å². The normalized spacial score (nSPS) is 11.6. The second kappa shape index (κ2) is 4.58. The summed E-state index contributed by atoms with van der Waals surface area (Å²) in [5.74, 6) is 0. The smallest absolute Gasteiger partial charge is 0.0321 e. The minimum atomic E-state index is 0.555. The van der Waals surface area contributed by atoms with Crippen LogP contribution in [0.3, 0.4) is 0 Å². The Labute approximate surface area is 71.7 Å². The molecule has 0 aromatic rings. The molecule has 0 saturated heterocycles. The predicted octanol–water partition coefficient (Wildman–Crippen LogP) is 4.17. The Morgan fingerprint density at radius 1 is 1.27 bits per heavy atom. The molecule has 0 aromatic heterocycles. The first-order chi connectivity index (χ1) is 5.04. The van der Waals surface area contributed by atoms with Crippen LogP contribution in [0.25, 0.3) is 0 Å². The molecule has 0 rings (SSSR count). The summed E-state index contributed by atoms with van der Waals surface area (Å²) in [6, 6.07) is 0. The number of allylic oxidation sites excluding steroid dienone is 1. The quantitative estimate of drug-likeness (QED) is 0.521. The molecule has 0 bridgehead atoms. The van der Waals surface area contributed by atoms with E-state index in [4.69, 9.17) is 0 Å². The molecule has 0 fully saturated rings. The van der Waals surface area contributed by atoms with Crippen LogP contribution in [0.2, 0.25) is 0 Å². The molecule has 0 heteroatoms. The molecule has 0 aliphatic heterocycles. The molecule has 0 saturated carbocycles. The van der Waals surface area contributed by atoms with Gasteiger partial charge >= 0.3 is 0 Å². The van der Waals surface area contributed by atoms with Crippen LogP contribution >= 0.6 is 0 Å². The Bertz CT molecular complexity index is 118. The Hall–Kier alpha value is -0.260. The highest BCUT2D eigenvalue weighted by molar-refractivity contribution is 4.90. The van der Waals surface area contributed by atoms with Crippen LogP contribution in [0.1, 0.15) is 53.4 Å². The Kier molecular flexibility index (Phi) is 4.48. The first-order valence-electron chi connectivity index (χ1n) is 4.68. The molecule has 0 heterocycles. The van der Waals surface area contributed by atoms with Crippen molar-refractivity contribution in [1.29, 1.82) is 0 Å². The summed E-state index contributed by atoms with van der Waals surface area (Å²) in [7, 11) is 0. The third-order valence-electron chi connectivity index (χ3n) is 2.86. The molecule has 0 unspecified atom stereocenters. The zero-order valence-corrected chi connectivity index (χ0v) is 8.54. The summed E-state index contributed by atoms with van der Waals surface area (Å²) >= 11 is 0. The van der Waals surface area contributed by atoms with Crippen LogP contribution in [-0.4, -0.2) is 0 Å². The lowest BCUT2D eigenvalue weighted by Crippen LogP contribution is -2.13. The maximum absolute atomic E-state index is 3.93. The van der Waals surface area contributed by atoms with Gasteiger partial charge in [0.1, 0.15) is 0 Å². The molecule has 0 nitrogen and oxygen atoms in total. The molecule has 0 aliphatic carbocycles. The zero-order chi connectivity index (χ0) is 8.91. The first-order valence-corrected chi connectivity index (χ1v) is 4.68. The van der Waals surface area contributed by atoms with Crippen LogP contribution in [0.4, 0.5) is 0 Å². The van der Waals surface area contributed by atoms with Crippen molar-refractivity contribution in [2.75, 3.05) is 0 Å². The van der Waals surface area contributed by atoms with Crippen LogP contribution in [0.15, 0.2) is 12.2 Å². The highest BCUT2D eigenvalue weighted by Gasteiger charge is 2.18. The average Bonchev–Trinajstić information content (AvgIpc) is 2.00. The minimum Gasteiger partial charge on any atom is -0.100 e. The van der Waals surface area contributed by atoms with Gasteiger partial charge in [-0.15, -0.1) is 6.58 Å². The van der Waals surface area contributed by atoms with E-state index in [0.29, 0.717) is 5.41 Å². The van der Waals surface area contributed by atoms with E-state index < -0.39 is 0 Å². The predicted molar refractivity (Wildman–Crippen MR) is 52.7 cm³/mol.